The number of likely N-dealkylation sites (N-methyl/N-ethyl adjacent to an activating group) is 1. The summed E-state index contributed by atoms with van der Waals surface area (Å²) in [5.41, 5.74) is 0. The molecule has 0 aliphatic rings. The van der Waals surface area contributed by atoms with Gasteiger partial charge in [0.1, 0.15) is 0 Å². The van der Waals surface area contributed by atoms with E-state index in [2.05, 4.69) is 46.7 Å². The molecule has 0 spiro atoms. The van der Waals surface area contributed by atoms with Gasteiger partial charge < -0.3 is 19.7 Å². The molecule has 5 nitrogen and oxygen atoms in total. The van der Waals surface area contributed by atoms with Crippen LogP contribution in [0.3, 0.4) is 0 Å². The first kappa shape index (κ1) is 19.9. The number of nitrogens with one attached hydrogen (secondary N) is 1. The van der Waals surface area contributed by atoms with Gasteiger partial charge in [-0.3, -0.25) is 4.99 Å². The third-order valence-electron chi connectivity index (χ3n) is 3.39. The molecule has 0 aliphatic heterocycles. The van der Waals surface area contributed by atoms with E-state index < -0.39 is 0 Å². The highest BCUT2D eigenvalue weighted by Gasteiger charge is 2.05. The standard InChI is InChI=1S/C17H31N3O2S/c1-4-5-11-21-13-14-22-12-9-19-17(18-2)20(3)10-8-16-7-6-15-23-16/h6-7,15H,4-5,8-14H2,1-3H3,(H,18,19). The van der Waals surface area contributed by atoms with Crippen molar-refractivity contribution >= 4 is 17.3 Å². The molecule has 0 radical (unpaired) electrons. The summed E-state index contributed by atoms with van der Waals surface area (Å²) >= 11 is 1.80. The molecule has 0 aromatic carbocycles. The zero-order valence-corrected chi connectivity index (χ0v) is 15.5. The van der Waals surface area contributed by atoms with Gasteiger partial charge in [-0.2, -0.15) is 0 Å². The lowest BCUT2D eigenvalue weighted by Gasteiger charge is -2.21. The highest BCUT2D eigenvalue weighted by Crippen LogP contribution is 2.09. The molecule has 0 bridgehead atoms. The summed E-state index contributed by atoms with van der Waals surface area (Å²) in [5.74, 6) is 0.907. The van der Waals surface area contributed by atoms with E-state index in [9.17, 15) is 0 Å². The topological polar surface area (TPSA) is 46.1 Å². The average Bonchev–Trinajstić information content (AvgIpc) is 3.08. The largest absolute Gasteiger partial charge is 0.379 e. The van der Waals surface area contributed by atoms with Gasteiger partial charge in [0.2, 0.25) is 0 Å². The Kier molecular flexibility index (Phi) is 11.6. The Morgan fingerprint density at radius 3 is 2.70 bits per heavy atom. The molecule has 0 fully saturated rings. The van der Waals surface area contributed by atoms with Crippen LogP contribution in [0.2, 0.25) is 0 Å². The second-order valence-electron chi connectivity index (χ2n) is 5.30. The molecule has 0 aliphatic carbocycles. The third-order valence-corrected chi connectivity index (χ3v) is 4.33. The molecule has 6 heteroatoms. The van der Waals surface area contributed by atoms with E-state index in [0.717, 1.165) is 38.5 Å². The summed E-state index contributed by atoms with van der Waals surface area (Å²) in [6.45, 7) is 6.69. The second-order valence-corrected chi connectivity index (χ2v) is 6.34. The average molecular weight is 342 g/mol. The Morgan fingerprint density at radius 1 is 1.26 bits per heavy atom. The molecule has 0 unspecified atom stereocenters. The predicted molar refractivity (Wildman–Crippen MR) is 98.6 cm³/mol. The van der Waals surface area contributed by atoms with Crippen LogP contribution in [0, 0.1) is 0 Å². The second kappa shape index (κ2) is 13.3. The maximum absolute atomic E-state index is 5.55. The van der Waals surface area contributed by atoms with Crippen molar-refractivity contribution in [2.45, 2.75) is 26.2 Å². The number of unbranched alkanes of at least 4 members (excludes halogenated alkanes) is 1. The van der Waals surface area contributed by atoms with Crippen molar-refractivity contribution in [2.75, 3.05) is 53.6 Å². The number of nitrogens with zero attached hydrogens (tertiary/aromatic N) is 2. The Morgan fingerprint density at radius 2 is 2.04 bits per heavy atom. The highest BCUT2D eigenvalue weighted by atomic mass is 32.1. The Bertz CT molecular complexity index is 410. The van der Waals surface area contributed by atoms with Crippen molar-refractivity contribution in [1.82, 2.24) is 10.2 Å². The third kappa shape index (κ3) is 9.58. The van der Waals surface area contributed by atoms with Gasteiger partial charge in [0, 0.05) is 38.7 Å². The number of hydrogen-bond donors (Lipinski definition) is 1. The van der Waals surface area contributed by atoms with Gasteiger partial charge in [-0.25, -0.2) is 0 Å². The van der Waals surface area contributed by atoms with Crippen molar-refractivity contribution < 1.29 is 9.47 Å². The van der Waals surface area contributed by atoms with E-state index in [0.29, 0.717) is 19.8 Å². The molecule has 0 amide bonds. The van der Waals surface area contributed by atoms with Crippen molar-refractivity contribution in [1.29, 1.82) is 0 Å². The van der Waals surface area contributed by atoms with Gasteiger partial charge in [0.25, 0.3) is 0 Å². The summed E-state index contributed by atoms with van der Waals surface area (Å²) < 4.78 is 11.0. The molecule has 1 N–H and O–H groups in total. The summed E-state index contributed by atoms with van der Waals surface area (Å²) in [4.78, 5) is 7.86. The molecule has 1 aromatic heterocycles. The van der Waals surface area contributed by atoms with Crippen LogP contribution in [0.5, 0.6) is 0 Å². The van der Waals surface area contributed by atoms with Gasteiger partial charge in [-0.05, 0) is 24.3 Å². The van der Waals surface area contributed by atoms with Crippen LogP contribution in [0.4, 0.5) is 0 Å². The lowest BCUT2D eigenvalue weighted by atomic mass is 10.3. The number of rotatable bonds is 12. The zero-order chi connectivity index (χ0) is 16.8. The fourth-order valence-electron chi connectivity index (χ4n) is 2.03. The smallest absolute Gasteiger partial charge is 0.193 e. The van der Waals surface area contributed by atoms with E-state index in [1.54, 1.807) is 11.3 Å². The fraction of sp³-hybridized carbons (Fsp3) is 0.706. The number of hydrogen-bond acceptors (Lipinski definition) is 4. The van der Waals surface area contributed by atoms with Gasteiger partial charge in [0.15, 0.2) is 5.96 Å². The van der Waals surface area contributed by atoms with Crippen molar-refractivity contribution in [2.24, 2.45) is 4.99 Å². The maximum atomic E-state index is 5.55. The van der Waals surface area contributed by atoms with Crippen LogP contribution in [0.1, 0.15) is 24.6 Å². The van der Waals surface area contributed by atoms with Crippen LogP contribution in [0.15, 0.2) is 22.5 Å². The van der Waals surface area contributed by atoms with Crippen LogP contribution in [-0.2, 0) is 15.9 Å². The Balaban J connectivity index is 2.04. The lowest BCUT2D eigenvalue weighted by Crippen LogP contribution is -2.41. The Labute approximate surface area is 144 Å². The molecular formula is C17H31N3O2S. The summed E-state index contributed by atoms with van der Waals surface area (Å²) in [5, 5.41) is 5.44. The minimum Gasteiger partial charge on any atom is -0.379 e. The molecule has 0 saturated heterocycles. The first-order valence-corrected chi connectivity index (χ1v) is 9.25. The molecule has 0 atom stereocenters. The quantitative estimate of drug-likeness (QED) is 0.361. The first-order valence-electron chi connectivity index (χ1n) is 8.37. The van der Waals surface area contributed by atoms with E-state index in [-0.39, 0.29) is 0 Å². The minimum atomic E-state index is 0.651. The van der Waals surface area contributed by atoms with Crippen LogP contribution in [-0.4, -0.2) is 64.5 Å². The summed E-state index contributed by atoms with van der Waals surface area (Å²) in [6, 6.07) is 4.27. The van der Waals surface area contributed by atoms with Gasteiger partial charge >= 0.3 is 0 Å². The van der Waals surface area contributed by atoms with E-state index in [4.69, 9.17) is 9.47 Å². The van der Waals surface area contributed by atoms with E-state index >= 15 is 0 Å². The molecule has 1 heterocycles. The molecule has 0 saturated carbocycles. The monoisotopic (exact) mass is 341 g/mol. The van der Waals surface area contributed by atoms with Crippen LogP contribution < -0.4 is 5.32 Å². The first-order chi connectivity index (χ1) is 11.3. The number of guanidine groups is 1. The molecular weight excluding hydrogens is 310 g/mol. The van der Waals surface area contributed by atoms with Crippen molar-refractivity contribution in [3.05, 3.63) is 22.4 Å². The maximum Gasteiger partial charge on any atom is 0.193 e. The van der Waals surface area contributed by atoms with Gasteiger partial charge in [-0.15, -0.1) is 11.3 Å². The highest BCUT2D eigenvalue weighted by molar-refractivity contribution is 7.09. The number of ether oxygens (including phenoxy) is 2. The fourth-order valence-corrected chi connectivity index (χ4v) is 2.72. The summed E-state index contributed by atoms with van der Waals surface area (Å²) in [7, 11) is 3.87. The van der Waals surface area contributed by atoms with Crippen molar-refractivity contribution in [3.8, 4) is 0 Å². The van der Waals surface area contributed by atoms with Gasteiger partial charge in [0.05, 0.1) is 19.8 Å². The van der Waals surface area contributed by atoms with Crippen LogP contribution >= 0.6 is 11.3 Å². The molecule has 1 aromatic rings. The molecule has 23 heavy (non-hydrogen) atoms. The van der Waals surface area contributed by atoms with E-state index in [1.165, 1.54) is 11.3 Å². The number of thiophene rings is 1. The minimum absolute atomic E-state index is 0.651. The molecule has 132 valence electrons. The zero-order valence-electron chi connectivity index (χ0n) is 14.7. The van der Waals surface area contributed by atoms with Crippen molar-refractivity contribution in [3.63, 3.8) is 0 Å². The number of aliphatic imine (C=N–C) groups is 1. The SMILES string of the molecule is CCCCOCCOCCNC(=NC)N(C)CCc1cccs1. The van der Waals surface area contributed by atoms with Gasteiger partial charge in [-0.1, -0.05) is 19.4 Å². The predicted octanol–water partition coefficient (Wildman–Crippen LogP) is 2.63. The normalized spacial score (nSPS) is 11.7. The van der Waals surface area contributed by atoms with Crippen LogP contribution in [0.25, 0.3) is 0 Å². The summed E-state index contributed by atoms with van der Waals surface area (Å²) in [6.07, 6.45) is 3.33. The Hall–Kier alpha value is -1.11. The van der Waals surface area contributed by atoms with E-state index in [1.807, 2.05) is 7.05 Å². The lowest BCUT2D eigenvalue weighted by molar-refractivity contribution is 0.0486. The molecule has 1 rings (SSSR count).